The van der Waals surface area contributed by atoms with E-state index < -0.39 is 0 Å². The van der Waals surface area contributed by atoms with Crippen molar-refractivity contribution in [2.75, 3.05) is 46.3 Å². The second-order valence-corrected chi connectivity index (χ2v) is 7.41. The zero-order valence-electron chi connectivity index (χ0n) is 14.0. The Morgan fingerprint density at radius 3 is 2.32 bits per heavy atom. The second kappa shape index (κ2) is 5.92. The minimum atomic E-state index is 0.129. The molecule has 120 valence electrons. The predicted octanol–water partition coefficient (Wildman–Crippen LogP) is 2.48. The van der Waals surface area contributed by atoms with Crippen LogP contribution in [0.5, 0.6) is 0 Å². The van der Waals surface area contributed by atoms with Crippen LogP contribution in [0.25, 0.3) is 0 Å². The van der Waals surface area contributed by atoms with Gasteiger partial charge in [-0.1, -0.05) is 44.2 Å². The molecule has 3 rings (SSSR count). The van der Waals surface area contributed by atoms with E-state index in [4.69, 9.17) is 0 Å². The van der Waals surface area contributed by atoms with Crippen LogP contribution in [0.4, 0.5) is 4.79 Å². The lowest BCUT2D eigenvalue weighted by Gasteiger charge is -2.35. The molecule has 0 bridgehead atoms. The number of piperazine rings is 1. The van der Waals surface area contributed by atoms with E-state index in [0.717, 1.165) is 39.3 Å². The number of carbonyl (C=O) groups is 1. The summed E-state index contributed by atoms with van der Waals surface area (Å²) in [6.45, 7) is 9.89. The average Bonchev–Trinajstić information content (AvgIpc) is 2.84. The van der Waals surface area contributed by atoms with E-state index in [-0.39, 0.29) is 11.4 Å². The Labute approximate surface area is 133 Å². The first-order valence-corrected chi connectivity index (χ1v) is 8.25. The van der Waals surface area contributed by atoms with Crippen molar-refractivity contribution in [3.8, 4) is 0 Å². The molecule has 2 saturated heterocycles. The van der Waals surface area contributed by atoms with Gasteiger partial charge < -0.3 is 14.7 Å². The Morgan fingerprint density at radius 1 is 1.05 bits per heavy atom. The number of likely N-dealkylation sites (tertiary alicyclic amines) is 1. The van der Waals surface area contributed by atoms with Crippen LogP contribution in [-0.2, 0) is 0 Å². The smallest absolute Gasteiger partial charge is 0.320 e. The number of urea groups is 1. The van der Waals surface area contributed by atoms with Gasteiger partial charge in [0.2, 0.25) is 0 Å². The molecule has 2 fully saturated rings. The van der Waals surface area contributed by atoms with Gasteiger partial charge in [0.05, 0.1) is 0 Å². The van der Waals surface area contributed by atoms with Crippen LogP contribution in [0.15, 0.2) is 30.3 Å². The summed E-state index contributed by atoms with van der Waals surface area (Å²) in [6, 6.07) is 10.8. The highest BCUT2D eigenvalue weighted by Gasteiger charge is 2.43. The molecular weight excluding hydrogens is 274 g/mol. The molecule has 1 atom stereocenters. The molecule has 0 spiro atoms. The molecule has 2 heterocycles. The van der Waals surface area contributed by atoms with E-state index in [2.05, 4.69) is 61.0 Å². The molecule has 0 N–H and O–H groups in total. The molecule has 2 aliphatic rings. The maximum atomic E-state index is 12.8. The normalized spacial score (nSPS) is 25.5. The summed E-state index contributed by atoms with van der Waals surface area (Å²) in [5.41, 5.74) is 1.48. The summed E-state index contributed by atoms with van der Waals surface area (Å²) in [5, 5.41) is 0. The number of hydrogen-bond acceptors (Lipinski definition) is 2. The van der Waals surface area contributed by atoms with Gasteiger partial charge in [0, 0.05) is 45.2 Å². The first-order valence-electron chi connectivity index (χ1n) is 8.25. The third kappa shape index (κ3) is 2.98. The van der Waals surface area contributed by atoms with Crippen LogP contribution in [0, 0.1) is 5.41 Å². The van der Waals surface area contributed by atoms with Crippen molar-refractivity contribution in [1.29, 1.82) is 0 Å². The highest BCUT2D eigenvalue weighted by Crippen LogP contribution is 2.42. The van der Waals surface area contributed by atoms with Crippen molar-refractivity contribution in [3.05, 3.63) is 35.9 Å². The second-order valence-electron chi connectivity index (χ2n) is 7.41. The van der Waals surface area contributed by atoms with E-state index in [9.17, 15) is 4.79 Å². The van der Waals surface area contributed by atoms with E-state index in [1.165, 1.54) is 5.56 Å². The summed E-state index contributed by atoms with van der Waals surface area (Å²) in [7, 11) is 2.12. The fourth-order valence-electron chi connectivity index (χ4n) is 3.72. The van der Waals surface area contributed by atoms with Gasteiger partial charge in [0.25, 0.3) is 0 Å². The molecule has 0 radical (unpaired) electrons. The van der Waals surface area contributed by atoms with Gasteiger partial charge in [-0.15, -0.1) is 0 Å². The van der Waals surface area contributed by atoms with Crippen molar-refractivity contribution in [2.45, 2.75) is 19.8 Å². The van der Waals surface area contributed by atoms with Gasteiger partial charge in [-0.25, -0.2) is 4.79 Å². The molecule has 0 aliphatic carbocycles. The zero-order valence-corrected chi connectivity index (χ0v) is 14.0. The van der Waals surface area contributed by atoms with Crippen molar-refractivity contribution >= 4 is 6.03 Å². The predicted molar refractivity (Wildman–Crippen MR) is 89.0 cm³/mol. The summed E-state index contributed by atoms with van der Waals surface area (Å²) < 4.78 is 0. The molecule has 4 heteroatoms. The lowest BCUT2D eigenvalue weighted by molar-refractivity contribution is 0.126. The Hall–Kier alpha value is -1.55. The number of rotatable bonds is 1. The monoisotopic (exact) mass is 301 g/mol. The average molecular weight is 301 g/mol. The summed E-state index contributed by atoms with van der Waals surface area (Å²) in [5.74, 6) is 0.421. The van der Waals surface area contributed by atoms with Crippen LogP contribution in [0.3, 0.4) is 0 Å². The largest absolute Gasteiger partial charge is 0.323 e. The molecule has 0 saturated carbocycles. The van der Waals surface area contributed by atoms with E-state index in [0.29, 0.717) is 5.92 Å². The molecule has 0 aromatic heterocycles. The Morgan fingerprint density at radius 2 is 1.68 bits per heavy atom. The van der Waals surface area contributed by atoms with Crippen molar-refractivity contribution < 1.29 is 4.79 Å². The number of hydrogen-bond donors (Lipinski definition) is 0. The maximum Gasteiger partial charge on any atom is 0.320 e. The zero-order chi connectivity index (χ0) is 15.7. The fraction of sp³-hybridized carbons (Fsp3) is 0.611. The van der Waals surface area contributed by atoms with Gasteiger partial charge in [0.1, 0.15) is 0 Å². The topological polar surface area (TPSA) is 26.8 Å². The van der Waals surface area contributed by atoms with Crippen LogP contribution < -0.4 is 0 Å². The Kier molecular flexibility index (Phi) is 4.13. The van der Waals surface area contributed by atoms with Gasteiger partial charge >= 0.3 is 6.03 Å². The minimum absolute atomic E-state index is 0.129. The van der Waals surface area contributed by atoms with Crippen LogP contribution in [0.2, 0.25) is 0 Å². The van der Waals surface area contributed by atoms with Crippen LogP contribution in [0.1, 0.15) is 25.3 Å². The third-order valence-corrected chi connectivity index (χ3v) is 5.19. The number of nitrogens with zero attached hydrogens (tertiary/aromatic N) is 3. The molecule has 2 aliphatic heterocycles. The minimum Gasteiger partial charge on any atom is -0.323 e. The van der Waals surface area contributed by atoms with E-state index in [1.54, 1.807) is 0 Å². The quantitative estimate of drug-likeness (QED) is 0.797. The number of amides is 2. The van der Waals surface area contributed by atoms with Crippen molar-refractivity contribution in [1.82, 2.24) is 14.7 Å². The van der Waals surface area contributed by atoms with Gasteiger partial charge in [-0.3, -0.25) is 0 Å². The molecular formula is C18H27N3O. The first kappa shape index (κ1) is 15.3. The number of carbonyl (C=O) groups excluding carboxylic acids is 1. The highest BCUT2D eigenvalue weighted by molar-refractivity contribution is 5.75. The number of likely N-dealkylation sites (N-methyl/N-ethyl adjacent to an activating group) is 1. The van der Waals surface area contributed by atoms with E-state index >= 15 is 0 Å². The van der Waals surface area contributed by atoms with Gasteiger partial charge in [-0.2, -0.15) is 0 Å². The summed E-state index contributed by atoms with van der Waals surface area (Å²) >= 11 is 0. The standard InChI is InChI=1S/C18H27N3O/c1-18(2)14-21(13-16(18)15-7-5-4-6-8-15)17(22)20-11-9-19(3)10-12-20/h4-8,16H,9-14H2,1-3H3. The molecule has 2 amide bonds. The van der Waals surface area contributed by atoms with Crippen molar-refractivity contribution in [3.63, 3.8) is 0 Å². The highest BCUT2D eigenvalue weighted by atomic mass is 16.2. The van der Waals surface area contributed by atoms with Crippen LogP contribution >= 0.6 is 0 Å². The Bertz CT molecular complexity index is 520. The molecule has 4 nitrogen and oxygen atoms in total. The lowest BCUT2D eigenvalue weighted by Crippen LogP contribution is -2.51. The molecule has 1 aromatic carbocycles. The first-order chi connectivity index (χ1) is 10.5. The summed E-state index contributed by atoms with van der Waals surface area (Å²) in [6.07, 6.45) is 0. The summed E-state index contributed by atoms with van der Waals surface area (Å²) in [4.78, 5) is 19.2. The lowest BCUT2D eigenvalue weighted by atomic mass is 9.78. The SMILES string of the molecule is CN1CCN(C(=O)N2CC(c3ccccc3)C(C)(C)C2)CC1. The van der Waals surface area contributed by atoms with Gasteiger partial charge in [0.15, 0.2) is 0 Å². The number of benzene rings is 1. The molecule has 1 unspecified atom stereocenters. The van der Waals surface area contributed by atoms with Crippen LogP contribution in [-0.4, -0.2) is 67.0 Å². The molecule has 1 aromatic rings. The Balaban J connectivity index is 1.71. The maximum absolute atomic E-state index is 12.8. The third-order valence-electron chi connectivity index (χ3n) is 5.19. The van der Waals surface area contributed by atoms with Crippen molar-refractivity contribution in [2.24, 2.45) is 5.41 Å². The van der Waals surface area contributed by atoms with Gasteiger partial charge in [-0.05, 0) is 18.0 Å². The molecule has 22 heavy (non-hydrogen) atoms. The fourth-order valence-corrected chi connectivity index (χ4v) is 3.72. The van der Waals surface area contributed by atoms with E-state index in [1.807, 2.05) is 4.90 Å².